The van der Waals surface area contributed by atoms with Crippen LogP contribution in [-0.2, 0) is 0 Å². The summed E-state index contributed by atoms with van der Waals surface area (Å²) in [6.45, 7) is 4.12. The van der Waals surface area contributed by atoms with Gasteiger partial charge in [0.1, 0.15) is 5.82 Å². The highest BCUT2D eigenvalue weighted by Crippen LogP contribution is 2.24. The highest BCUT2D eigenvalue weighted by Gasteiger charge is 2.21. The van der Waals surface area contributed by atoms with Gasteiger partial charge in [-0.15, -0.1) is 5.10 Å². The zero-order valence-electron chi connectivity index (χ0n) is 10.5. The van der Waals surface area contributed by atoms with E-state index in [1.165, 1.54) is 5.56 Å². The molecule has 0 N–H and O–H groups in total. The molecule has 0 aromatic carbocycles. The summed E-state index contributed by atoms with van der Waals surface area (Å²) in [6, 6.07) is 4.70. The van der Waals surface area contributed by atoms with Gasteiger partial charge in [0, 0.05) is 25.5 Å². The topological polar surface area (TPSA) is 46.8 Å². The van der Waals surface area contributed by atoms with E-state index in [1.54, 1.807) is 6.20 Å². The van der Waals surface area contributed by atoms with Crippen LogP contribution in [-0.4, -0.2) is 33.1 Å². The Bertz CT molecular complexity index is 483. The molecular formula is C13H17N5. The zero-order valence-corrected chi connectivity index (χ0v) is 10.5. The number of hydrogen-bond acceptors (Lipinski definition) is 4. The lowest BCUT2D eigenvalue weighted by Gasteiger charge is -2.32. The van der Waals surface area contributed by atoms with Gasteiger partial charge in [-0.2, -0.15) is 0 Å². The molecule has 0 amide bonds. The third kappa shape index (κ3) is 2.20. The largest absolute Gasteiger partial charge is 0.356 e. The van der Waals surface area contributed by atoms with E-state index in [0.717, 1.165) is 31.7 Å². The summed E-state index contributed by atoms with van der Waals surface area (Å²) in [5.74, 6) is 1.08. The van der Waals surface area contributed by atoms with Gasteiger partial charge in [0.2, 0.25) is 0 Å². The van der Waals surface area contributed by atoms with Crippen LogP contribution < -0.4 is 4.90 Å². The quantitative estimate of drug-likeness (QED) is 0.807. The predicted octanol–water partition coefficient (Wildman–Crippen LogP) is 1.82. The second-order valence-corrected chi connectivity index (χ2v) is 4.80. The smallest absolute Gasteiger partial charge is 0.128 e. The SMILES string of the molecule is Cc1ccc(N2CCC(n3ccnn3)CC2)nc1. The van der Waals surface area contributed by atoms with Gasteiger partial charge in [0.25, 0.3) is 0 Å². The highest BCUT2D eigenvalue weighted by molar-refractivity contribution is 5.39. The fraction of sp³-hybridized carbons (Fsp3) is 0.462. The van der Waals surface area contributed by atoms with Gasteiger partial charge in [-0.05, 0) is 31.4 Å². The fourth-order valence-electron chi connectivity index (χ4n) is 2.42. The van der Waals surface area contributed by atoms with Crippen LogP contribution in [0.1, 0.15) is 24.4 Å². The summed E-state index contributed by atoms with van der Waals surface area (Å²) < 4.78 is 1.97. The lowest BCUT2D eigenvalue weighted by Crippen LogP contribution is -2.35. The standard InChI is InChI=1S/C13H17N5/c1-11-2-3-13(14-10-11)17-7-4-12(5-8-17)18-9-6-15-16-18/h2-3,6,9-10,12H,4-5,7-8H2,1H3. The maximum absolute atomic E-state index is 4.48. The first-order chi connectivity index (χ1) is 8.83. The average molecular weight is 243 g/mol. The van der Waals surface area contributed by atoms with Crippen LogP contribution in [0.5, 0.6) is 0 Å². The first kappa shape index (κ1) is 11.2. The number of anilines is 1. The van der Waals surface area contributed by atoms with Crippen molar-refractivity contribution in [3.8, 4) is 0 Å². The number of piperidine rings is 1. The van der Waals surface area contributed by atoms with Crippen LogP contribution in [0.15, 0.2) is 30.7 Å². The Morgan fingerprint density at radius 2 is 2.06 bits per heavy atom. The molecular weight excluding hydrogens is 226 g/mol. The van der Waals surface area contributed by atoms with Gasteiger partial charge in [0.15, 0.2) is 0 Å². The summed E-state index contributed by atoms with van der Waals surface area (Å²) in [6.07, 6.45) is 7.81. The number of rotatable bonds is 2. The Morgan fingerprint density at radius 1 is 1.22 bits per heavy atom. The first-order valence-electron chi connectivity index (χ1n) is 6.36. The van der Waals surface area contributed by atoms with E-state index in [0.29, 0.717) is 6.04 Å². The number of hydrogen-bond donors (Lipinski definition) is 0. The number of nitrogens with zero attached hydrogens (tertiary/aromatic N) is 5. The molecule has 0 spiro atoms. The summed E-state index contributed by atoms with van der Waals surface area (Å²) in [5.41, 5.74) is 1.20. The molecule has 5 nitrogen and oxygen atoms in total. The van der Waals surface area contributed by atoms with E-state index in [2.05, 4.69) is 39.3 Å². The van der Waals surface area contributed by atoms with E-state index in [1.807, 2.05) is 17.1 Å². The summed E-state index contributed by atoms with van der Waals surface area (Å²) in [7, 11) is 0. The molecule has 5 heteroatoms. The van der Waals surface area contributed by atoms with Gasteiger partial charge >= 0.3 is 0 Å². The predicted molar refractivity (Wildman–Crippen MR) is 69.5 cm³/mol. The molecule has 2 aromatic rings. The summed E-state index contributed by atoms with van der Waals surface area (Å²) in [4.78, 5) is 6.82. The van der Waals surface area contributed by atoms with Gasteiger partial charge in [-0.1, -0.05) is 11.3 Å². The number of pyridine rings is 1. The molecule has 0 bridgehead atoms. The van der Waals surface area contributed by atoms with Crippen molar-refractivity contribution < 1.29 is 0 Å². The van der Waals surface area contributed by atoms with Crippen molar-refractivity contribution >= 4 is 5.82 Å². The van der Waals surface area contributed by atoms with Crippen molar-refractivity contribution in [2.45, 2.75) is 25.8 Å². The van der Waals surface area contributed by atoms with Crippen molar-refractivity contribution in [3.05, 3.63) is 36.3 Å². The number of aryl methyl sites for hydroxylation is 1. The molecule has 18 heavy (non-hydrogen) atoms. The molecule has 0 unspecified atom stereocenters. The van der Waals surface area contributed by atoms with Crippen LogP contribution in [0.4, 0.5) is 5.82 Å². The zero-order chi connectivity index (χ0) is 12.4. The van der Waals surface area contributed by atoms with E-state index in [9.17, 15) is 0 Å². The first-order valence-corrected chi connectivity index (χ1v) is 6.36. The third-order valence-electron chi connectivity index (χ3n) is 3.50. The molecule has 1 aliphatic heterocycles. The van der Waals surface area contributed by atoms with E-state index in [-0.39, 0.29) is 0 Å². The molecule has 1 saturated heterocycles. The van der Waals surface area contributed by atoms with Crippen LogP contribution in [0, 0.1) is 6.92 Å². The maximum Gasteiger partial charge on any atom is 0.128 e. The molecule has 3 heterocycles. The summed E-state index contributed by atoms with van der Waals surface area (Å²) >= 11 is 0. The van der Waals surface area contributed by atoms with Gasteiger partial charge in [0.05, 0.1) is 12.2 Å². The number of aromatic nitrogens is 4. The molecule has 0 aliphatic carbocycles. The minimum atomic E-state index is 0.481. The van der Waals surface area contributed by atoms with Crippen LogP contribution in [0.3, 0.4) is 0 Å². The van der Waals surface area contributed by atoms with Crippen molar-refractivity contribution in [3.63, 3.8) is 0 Å². The Balaban J connectivity index is 1.65. The second kappa shape index (κ2) is 4.76. The van der Waals surface area contributed by atoms with E-state index < -0.39 is 0 Å². The van der Waals surface area contributed by atoms with Crippen LogP contribution in [0.25, 0.3) is 0 Å². The molecule has 1 aliphatic rings. The fourth-order valence-corrected chi connectivity index (χ4v) is 2.42. The Hall–Kier alpha value is -1.91. The van der Waals surface area contributed by atoms with E-state index >= 15 is 0 Å². The van der Waals surface area contributed by atoms with Gasteiger partial charge in [-0.25, -0.2) is 9.67 Å². The van der Waals surface area contributed by atoms with Gasteiger partial charge in [-0.3, -0.25) is 0 Å². The minimum Gasteiger partial charge on any atom is -0.356 e. The maximum atomic E-state index is 4.48. The van der Waals surface area contributed by atoms with Gasteiger partial charge < -0.3 is 4.90 Å². The average Bonchev–Trinajstić information content (AvgIpc) is 2.94. The summed E-state index contributed by atoms with van der Waals surface area (Å²) in [5, 5.41) is 7.95. The third-order valence-corrected chi connectivity index (χ3v) is 3.50. The molecule has 2 aromatic heterocycles. The Labute approximate surface area is 106 Å². The van der Waals surface area contributed by atoms with Crippen molar-refractivity contribution in [1.82, 2.24) is 20.0 Å². The molecule has 0 radical (unpaired) electrons. The molecule has 94 valence electrons. The molecule has 0 saturated carbocycles. The lowest BCUT2D eigenvalue weighted by atomic mass is 10.1. The highest BCUT2D eigenvalue weighted by atomic mass is 15.4. The second-order valence-electron chi connectivity index (χ2n) is 4.80. The Kier molecular flexibility index (Phi) is 2.96. The molecule has 3 rings (SSSR count). The van der Waals surface area contributed by atoms with Crippen molar-refractivity contribution in [2.75, 3.05) is 18.0 Å². The van der Waals surface area contributed by atoms with Crippen molar-refractivity contribution in [2.24, 2.45) is 0 Å². The van der Waals surface area contributed by atoms with Crippen molar-refractivity contribution in [1.29, 1.82) is 0 Å². The lowest BCUT2D eigenvalue weighted by molar-refractivity contribution is 0.359. The normalized spacial score (nSPS) is 17.1. The Morgan fingerprint density at radius 3 is 2.67 bits per heavy atom. The molecule has 0 atom stereocenters. The molecule has 1 fully saturated rings. The monoisotopic (exact) mass is 243 g/mol. The van der Waals surface area contributed by atoms with E-state index in [4.69, 9.17) is 0 Å². The van der Waals surface area contributed by atoms with Crippen LogP contribution in [0.2, 0.25) is 0 Å². The van der Waals surface area contributed by atoms with Crippen LogP contribution >= 0.6 is 0 Å². The minimum absolute atomic E-state index is 0.481.